The highest BCUT2D eigenvalue weighted by atomic mass is 15.0. The van der Waals surface area contributed by atoms with Crippen LogP contribution in [0.4, 0.5) is 0 Å². The summed E-state index contributed by atoms with van der Waals surface area (Å²) < 4.78 is 0. The van der Waals surface area contributed by atoms with Gasteiger partial charge in [0.2, 0.25) is 0 Å². The van der Waals surface area contributed by atoms with E-state index < -0.39 is 0 Å². The van der Waals surface area contributed by atoms with E-state index in [0.717, 1.165) is 228 Å². The largest absolute Gasteiger partial charge is 0.255 e. The van der Waals surface area contributed by atoms with Gasteiger partial charge in [-0.15, -0.1) is 0 Å². The molecule has 0 atom stereocenters. The van der Waals surface area contributed by atoms with Crippen LogP contribution in [-0.4, -0.2) is 69.8 Å². The minimum atomic E-state index is 0.622. The van der Waals surface area contributed by atoms with E-state index in [-0.39, 0.29) is 0 Å². The molecule has 0 spiro atoms. The van der Waals surface area contributed by atoms with E-state index in [1.807, 2.05) is 188 Å². The van der Waals surface area contributed by atoms with Gasteiger partial charge in [0.05, 0.1) is 95.9 Å². The van der Waals surface area contributed by atoms with Gasteiger partial charge in [-0.3, -0.25) is 24.9 Å². The Bertz CT molecular complexity index is 9050. The molecule has 0 amide bonds. The molecule has 0 aliphatic heterocycles. The summed E-state index contributed by atoms with van der Waals surface area (Å²) in [6, 6.07) is 165. The molecule has 0 aliphatic carbocycles. The summed E-state index contributed by atoms with van der Waals surface area (Å²) in [5.41, 5.74) is 32.8. The fourth-order valence-corrected chi connectivity index (χ4v) is 19.8. The first kappa shape index (κ1) is 87.5. The molecule has 0 saturated carbocycles. The second-order valence-corrected chi connectivity index (χ2v) is 35.6. The first-order chi connectivity index (χ1) is 72.4. The summed E-state index contributed by atoms with van der Waals surface area (Å²) in [5.74, 6) is 1.90. The second kappa shape index (κ2) is 39.0. The van der Waals surface area contributed by atoms with Crippen LogP contribution in [0.2, 0.25) is 0 Å². The van der Waals surface area contributed by atoms with Crippen molar-refractivity contribution in [1.82, 2.24) is 69.8 Å². The first-order valence-electron chi connectivity index (χ1n) is 48.6. The maximum absolute atomic E-state index is 5.37. The summed E-state index contributed by atoms with van der Waals surface area (Å²) in [5, 5.41) is 12.1. The van der Waals surface area contributed by atoms with Gasteiger partial charge < -0.3 is 0 Å². The van der Waals surface area contributed by atoms with E-state index in [9.17, 15) is 0 Å². The van der Waals surface area contributed by atoms with Gasteiger partial charge in [0, 0.05) is 129 Å². The van der Waals surface area contributed by atoms with E-state index in [0.29, 0.717) is 17.5 Å². The molecule has 0 unspecified atom stereocenters. The van der Waals surface area contributed by atoms with Crippen LogP contribution in [0.25, 0.3) is 267 Å². The Balaban J connectivity index is 0.000000114. The number of fused-ring (bicyclic) bond motifs is 12. The van der Waals surface area contributed by atoms with Crippen LogP contribution in [0.1, 0.15) is 0 Å². The molecule has 0 aliphatic rings. The highest BCUT2D eigenvalue weighted by Gasteiger charge is 2.25. The molecule has 27 rings (SSSR count). The highest BCUT2D eigenvalue weighted by molar-refractivity contribution is 6.22. The number of hydrogen-bond acceptors (Lipinski definition) is 14. The maximum atomic E-state index is 5.37. The van der Waals surface area contributed by atoms with Crippen LogP contribution in [0.15, 0.2) is 510 Å². The van der Waals surface area contributed by atoms with Crippen LogP contribution < -0.4 is 0 Å². The molecule has 146 heavy (non-hydrogen) atoms. The summed E-state index contributed by atoms with van der Waals surface area (Å²) in [6.45, 7) is 0. The molecule has 14 nitrogen and oxygen atoms in total. The van der Waals surface area contributed by atoms with Crippen molar-refractivity contribution in [2.45, 2.75) is 0 Å². The molecule has 0 fully saturated rings. The predicted molar refractivity (Wildman–Crippen MR) is 595 cm³/mol. The monoisotopic (exact) mass is 1860 g/mol. The van der Waals surface area contributed by atoms with Crippen LogP contribution in [0, 0.1) is 0 Å². The van der Waals surface area contributed by atoms with Gasteiger partial charge in [0.15, 0.2) is 17.5 Å². The summed E-state index contributed by atoms with van der Waals surface area (Å²) in [7, 11) is 0. The first-order valence-corrected chi connectivity index (χ1v) is 48.6. The van der Waals surface area contributed by atoms with Gasteiger partial charge in [-0.1, -0.05) is 394 Å². The van der Waals surface area contributed by atoms with Crippen molar-refractivity contribution < 1.29 is 0 Å². The Labute approximate surface area is 841 Å². The zero-order chi connectivity index (χ0) is 97.0. The molecular formula is C132H84N14. The minimum absolute atomic E-state index is 0.622. The Hall–Kier alpha value is -20.0. The fraction of sp³-hybridized carbons (Fsp3) is 0. The topological polar surface area (TPSA) is 180 Å². The van der Waals surface area contributed by atoms with Gasteiger partial charge in [-0.25, -0.2) is 44.9 Å². The Morgan fingerprint density at radius 3 is 0.747 bits per heavy atom. The second-order valence-electron chi connectivity index (χ2n) is 35.6. The average molecular weight is 1870 g/mol. The lowest BCUT2D eigenvalue weighted by molar-refractivity contribution is 1.07. The van der Waals surface area contributed by atoms with Crippen molar-refractivity contribution in [3.05, 3.63) is 510 Å². The van der Waals surface area contributed by atoms with Crippen molar-refractivity contribution in [2.24, 2.45) is 0 Å². The van der Waals surface area contributed by atoms with Gasteiger partial charge in [-0.05, 0) is 141 Å². The van der Waals surface area contributed by atoms with E-state index in [1.54, 1.807) is 12.4 Å². The van der Waals surface area contributed by atoms with Crippen LogP contribution in [0.3, 0.4) is 0 Å². The predicted octanol–water partition coefficient (Wildman–Crippen LogP) is 32.5. The maximum Gasteiger partial charge on any atom is 0.164 e. The third kappa shape index (κ3) is 17.1. The number of aromatic nitrogens is 14. The SMILES string of the molecule is c1ccc(-c2ccc3ccc4ccc(-c5cccc6c5nc(-c5ccccn5)c5cccc(-c7ccccc7)c56)nc4c3n2)cc1.c1ccc(-c2cccc3c(-c4ccccn4)nc4c(-c5ccc(-c6cc(-c7ccccn7)nc(-c7ccccn7)c6)cc5)cccc4c23)cc1.c1ccc(-c2nc(-c3ccccc3)nc(-c3ccc(-c4cccc5c4nc(-c4ccccn4)c4cccc(-c6ccccc6)c45)cc3)n2)cc1. The molecule has 12 heterocycles. The van der Waals surface area contributed by atoms with Crippen molar-refractivity contribution in [3.8, 4) is 180 Å². The zero-order valence-corrected chi connectivity index (χ0v) is 78.8. The lowest BCUT2D eigenvalue weighted by Gasteiger charge is -2.16. The van der Waals surface area contributed by atoms with Crippen molar-refractivity contribution in [2.75, 3.05) is 0 Å². The molecule has 0 N–H and O–H groups in total. The number of benzene rings is 15. The van der Waals surface area contributed by atoms with Gasteiger partial charge in [0.1, 0.15) is 0 Å². The molecule has 0 saturated heterocycles. The van der Waals surface area contributed by atoms with E-state index in [4.69, 9.17) is 59.8 Å². The quantitative estimate of drug-likeness (QED) is 0.0834. The number of pyridine rings is 11. The molecule has 27 aromatic rings. The summed E-state index contributed by atoms with van der Waals surface area (Å²) >= 11 is 0. The molecule has 15 aromatic carbocycles. The number of para-hydroxylation sites is 3. The van der Waals surface area contributed by atoms with Crippen LogP contribution in [0.5, 0.6) is 0 Å². The fourth-order valence-electron chi connectivity index (χ4n) is 19.8. The van der Waals surface area contributed by atoms with Crippen molar-refractivity contribution in [1.29, 1.82) is 0 Å². The Kier molecular flexibility index (Phi) is 23.4. The molecular weight excluding hydrogens is 1780 g/mol. The van der Waals surface area contributed by atoms with Gasteiger partial charge >= 0.3 is 0 Å². The highest BCUT2D eigenvalue weighted by Crippen LogP contribution is 2.47. The lowest BCUT2D eigenvalue weighted by Crippen LogP contribution is -2.00. The lowest BCUT2D eigenvalue weighted by atomic mass is 9.91. The smallest absolute Gasteiger partial charge is 0.164 e. The molecule has 12 aromatic heterocycles. The van der Waals surface area contributed by atoms with E-state index in [1.165, 1.54) is 22.1 Å². The molecule has 0 radical (unpaired) electrons. The van der Waals surface area contributed by atoms with Gasteiger partial charge in [0.25, 0.3) is 0 Å². The van der Waals surface area contributed by atoms with Gasteiger partial charge in [-0.2, -0.15) is 0 Å². The molecule has 0 bridgehead atoms. The normalized spacial score (nSPS) is 11.3. The minimum Gasteiger partial charge on any atom is -0.255 e. The van der Waals surface area contributed by atoms with Crippen LogP contribution >= 0.6 is 0 Å². The van der Waals surface area contributed by atoms with E-state index >= 15 is 0 Å². The summed E-state index contributed by atoms with van der Waals surface area (Å²) in [4.78, 5) is 69.5. The standard InChI is InChI=1S/2C45H29N5.C42H26N4/c1-4-14-30(15-5-1)35-20-12-23-38-40(35)37-22-13-21-36(41(37)47-42(38)39-24-10-11-29-46-39)31-25-27-34(28-26-31)45-49-43(32-16-6-2-7-17-32)48-44(50-45)33-18-8-3-9-19-33;1-2-12-31(13-3-1)34-14-10-17-37-43(34)36-16-11-15-35(44(36)50-45(37)40-20-6-9-27-48-40)32-23-21-30(22-24-32)33-28-41(38-18-4-7-25-46-38)49-42(29-33)39-19-5-8-26-47-39;1-3-11-27(12-4-1)31-15-9-18-34-38(31)33-17-10-16-32(41(33)46-42(34)37-19-7-8-26-43-37)36-25-23-30-21-20-29-22-24-35(28-13-5-2-6-14-28)44-39(29)40(30)45-36/h2*1-29H;1-26H. The zero-order valence-electron chi connectivity index (χ0n) is 78.8. The Morgan fingerprint density at radius 1 is 0.123 bits per heavy atom. The number of nitrogens with zero attached hydrogens (tertiary/aromatic N) is 14. The average Bonchev–Trinajstić information content (AvgIpc) is 1.59. The van der Waals surface area contributed by atoms with Crippen molar-refractivity contribution in [3.63, 3.8) is 0 Å². The number of hydrogen-bond donors (Lipinski definition) is 0. The molecule has 14 heteroatoms. The van der Waals surface area contributed by atoms with Crippen LogP contribution in [-0.2, 0) is 0 Å². The Morgan fingerprint density at radius 2 is 0.390 bits per heavy atom. The number of rotatable bonds is 16. The third-order valence-corrected chi connectivity index (χ3v) is 26.8. The molecule has 682 valence electrons. The van der Waals surface area contributed by atoms with Crippen molar-refractivity contribution >= 4 is 86.8 Å². The summed E-state index contributed by atoms with van der Waals surface area (Å²) in [6.07, 6.45) is 9.07. The third-order valence-electron chi connectivity index (χ3n) is 26.8. The van der Waals surface area contributed by atoms with E-state index in [2.05, 4.69) is 319 Å².